The Morgan fingerprint density at radius 3 is 2.44 bits per heavy atom. The molecule has 4 rings (SSSR count). The molecule has 1 aliphatic heterocycles. The van der Waals surface area contributed by atoms with Gasteiger partial charge in [-0.15, -0.1) is 0 Å². The van der Waals surface area contributed by atoms with Crippen LogP contribution in [0.1, 0.15) is 11.1 Å². The van der Waals surface area contributed by atoms with E-state index in [4.69, 9.17) is 28.6 Å². The Morgan fingerprint density at radius 1 is 1.00 bits per heavy atom. The van der Waals surface area contributed by atoms with Crippen LogP contribution >= 0.6 is 23.8 Å². The quantitative estimate of drug-likeness (QED) is 0.330. The number of thiocarbonyl (C=S) groups is 1. The second-order valence-corrected chi connectivity index (χ2v) is 7.69. The molecule has 0 aromatic heterocycles. The highest BCUT2D eigenvalue weighted by molar-refractivity contribution is 7.80. The fourth-order valence-electron chi connectivity index (χ4n) is 3.14. The van der Waals surface area contributed by atoms with Crippen molar-refractivity contribution in [1.29, 1.82) is 0 Å². The SMILES string of the molecule is O=C1NC(=S)N(c2ccccc2F)C(=O)/C1=C/c1ccccc1OCc1ccc(Cl)cc1. The molecule has 8 heteroatoms. The molecule has 0 bridgehead atoms. The zero-order valence-electron chi connectivity index (χ0n) is 16.5. The number of halogens is 2. The lowest BCUT2D eigenvalue weighted by Gasteiger charge is -2.29. The Hall–Kier alpha value is -3.55. The number of carbonyl (C=O) groups excluding carboxylic acids is 2. The molecule has 1 heterocycles. The zero-order chi connectivity index (χ0) is 22.7. The number of rotatable bonds is 5. The smallest absolute Gasteiger partial charge is 0.270 e. The number of hydrogen-bond acceptors (Lipinski definition) is 4. The first kappa shape index (κ1) is 21.7. The summed E-state index contributed by atoms with van der Waals surface area (Å²) < 4.78 is 20.2. The van der Waals surface area contributed by atoms with Gasteiger partial charge in [0.05, 0.1) is 5.69 Å². The number of amides is 2. The molecule has 0 spiro atoms. The third-order valence-electron chi connectivity index (χ3n) is 4.72. The number of carbonyl (C=O) groups is 2. The van der Waals surface area contributed by atoms with Gasteiger partial charge in [0.25, 0.3) is 11.8 Å². The molecule has 1 aliphatic rings. The molecule has 3 aromatic rings. The Morgan fingerprint density at radius 2 is 1.69 bits per heavy atom. The molecular formula is C24H16ClFN2O3S. The second kappa shape index (κ2) is 9.30. The predicted octanol–water partition coefficient (Wildman–Crippen LogP) is 4.89. The minimum Gasteiger partial charge on any atom is -0.488 e. The molecule has 0 aliphatic carbocycles. The van der Waals surface area contributed by atoms with E-state index in [1.54, 1.807) is 42.5 Å². The molecule has 1 fully saturated rings. The lowest BCUT2D eigenvalue weighted by Crippen LogP contribution is -2.54. The lowest BCUT2D eigenvalue weighted by atomic mass is 10.1. The lowest BCUT2D eigenvalue weighted by molar-refractivity contribution is -0.122. The molecule has 0 atom stereocenters. The molecule has 0 radical (unpaired) electrons. The van der Waals surface area contributed by atoms with Gasteiger partial charge in [0.2, 0.25) is 0 Å². The summed E-state index contributed by atoms with van der Waals surface area (Å²) in [5.74, 6) is -1.55. The highest BCUT2D eigenvalue weighted by Crippen LogP contribution is 2.27. The predicted molar refractivity (Wildman–Crippen MR) is 125 cm³/mol. The van der Waals surface area contributed by atoms with Crippen LogP contribution in [0.25, 0.3) is 6.08 Å². The first-order chi connectivity index (χ1) is 15.4. The molecule has 5 nitrogen and oxygen atoms in total. The average molecular weight is 467 g/mol. The van der Waals surface area contributed by atoms with Gasteiger partial charge in [-0.3, -0.25) is 14.9 Å². The Kier molecular flexibility index (Phi) is 6.30. The summed E-state index contributed by atoms with van der Waals surface area (Å²) in [6, 6.07) is 19.9. The molecule has 160 valence electrons. The summed E-state index contributed by atoms with van der Waals surface area (Å²) >= 11 is 11.0. The average Bonchev–Trinajstić information content (AvgIpc) is 2.78. The van der Waals surface area contributed by atoms with Crippen molar-refractivity contribution in [2.75, 3.05) is 4.90 Å². The van der Waals surface area contributed by atoms with E-state index >= 15 is 0 Å². The highest BCUT2D eigenvalue weighted by atomic mass is 35.5. The third kappa shape index (κ3) is 4.54. The summed E-state index contributed by atoms with van der Waals surface area (Å²) in [6.07, 6.45) is 1.41. The maximum atomic E-state index is 14.3. The van der Waals surface area contributed by atoms with Crippen LogP contribution in [0.4, 0.5) is 10.1 Å². The van der Waals surface area contributed by atoms with E-state index in [1.807, 2.05) is 12.1 Å². The van der Waals surface area contributed by atoms with Crippen LogP contribution in [-0.4, -0.2) is 16.9 Å². The van der Waals surface area contributed by atoms with E-state index < -0.39 is 17.6 Å². The number of nitrogens with one attached hydrogen (secondary N) is 1. The van der Waals surface area contributed by atoms with E-state index in [-0.39, 0.29) is 23.0 Å². The molecule has 1 N–H and O–H groups in total. The van der Waals surface area contributed by atoms with Crippen LogP contribution in [0.15, 0.2) is 78.4 Å². The van der Waals surface area contributed by atoms with Crippen molar-refractivity contribution < 1.29 is 18.7 Å². The summed E-state index contributed by atoms with van der Waals surface area (Å²) in [5, 5.41) is 2.89. The fraction of sp³-hybridized carbons (Fsp3) is 0.0417. The molecule has 1 saturated heterocycles. The van der Waals surface area contributed by atoms with Crippen molar-refractivity contribution in [3.05, 3.63) is 100 Å². The van der Waals surface area contributed by atoms with Crippen molar-refractivity contribution >= 4 is 52.5 Å². The number of nitrogens with zero attached hydrogens (tertiary/aromatic N) is 1. The Labute approximate surface area is 194 Å². The normalized spacial score (nSPS) is 15.1. The van der Waals surface area contributed by atoms with E-state index in [2.05, 4.69) is 5.32 Å². The van der Waals surface area contributed by atoms with Gasteiger partial charge in [0, 0.05) is 10.6 Å². The van der Waals surface area contributed by atoms with Gasteiger partial charge in [-0.05, 0) is 54.2 Å². The van der Waals surface area contributed by atoms with Crippen LogP contribution in [0.3, 0.4) is 0 Å². The Balaban J connectivity index is 1.64. The topological polar surface area (TPSA) is 58.6 Å². The summed E-state index contributed by atoms with van der Waals surface area (Å²) in [7, 11) is 0. The van der Waals surface area contributed by atoms with Crippen LogP contribution in [0, 0.1) is 5.82 Å². The molecule has 3 aromatic carbocycles. The van der Waals surface area contributed by atoms with Crippen molar-refractivity contribution in [3.63, 3.8) is 0 Å². The van der Waals surface area contributed by atoms with E-state index in [0.717, 1.165) is 10.5 Å². The monoisotopic (exact) mass is 466 g/mol. The number of anilines is 1. The molecule has 2 amide bonds. The van der Waals surface area contributed by atoms with Gasteiger partial charge in [-0.25, -0.2) is 9.29 Å². The highest BCUT2D eigenvalue weighted by Gasteiger charge is 2.35. The molecule has 0 saturated carbocycles. The minimum atomic E-state index is -0.726. The number of hydrogen-bond donors (Lipinski definition) is 1. The van der Waals surface area contributed by atoms with Crippen LogP contribution in [0.5, 0.6) is 5.75 Å². The Bertz CT molecular complexity index is 1240. The molecule has 0 unspecified atom stereocenters. The van der Waals surface area contributed by atoms with Crippen molar-refractivity contribution in [2.24, 2.45) is 0 Å². The van der Waals surface area contributed by atoms with Gasteiger partial charge >= 0.3 is 0 Å². The van der Waals surface area contributed by atoms with Crippen molar-refractivity contribution in [3.8, 4) is 5.75 Å². The van der Waals surface area contributed by atoms with E-state index in [9.17, 15) is 14.0 Å². The first-order valence-electron chi connectivity index (χ1n) is 9.56. The van der Waals surface area contributed by atoms with E-state index in [1.165, 1.54) is 24.3 Å². The van der Waals surface area contributed by atoms with Gasteiger partial charge in [0.15, 0.2) is 5.11 Å². The van der Waals surface area contributed by atoms with Crippen molar-refractivity contribution in [1.82, 2.24) is 5.32 Å². The largest absolute Gasteiger partial charge is 0.488 e. The number of ether oxygens (including phenoxy) is 1. The third-order valence-corrected chi connectivity index (χ3v) is 5.26. The maximum Gasteiger partial charge on any atom is 0.270 e. The van der Waals surface area contributed by atoms with Gasteiger partial charge in [-0.1, -0.05) is 54.1 Å². The zero-order valence-corrected chi connectivity index (χ0v) is 18.1. The van der Waals surface area contributed by atoms with E-state index in [0.29, 0.717) is 16.3 Å². The van der Waals surface area contributed by atoms with Crippen molar-refractivity contribution in [2.45, 2.75) is 6.61 Å². The second-order valence-electron chi connectivity index (χ2n) is 6.86. The number of benzene rings is 3. The van der Waals surface area contributed by atoms with Gasteiger partial charge < -0.3 is 4.74 Å². The molecular weight excluding hydrogens is 451 g/mol. The van der Waals surface area contributed by atoms with Gasteiger partial charge in [0.1, 0.15) is 23.7 Å². The standard InChI is InChI=1S/C24H16ClFN2O3S/c25-17-11-9-15(10-12-17)14-31-21-8-4-1-5-16(21)13-18-22(29)27-24(32)28(23(18)30)20-7-3-2-6-19(20)26/h1-13H,14H2,(H,27,29,32)/b18-13+. The first-order valence-corrected chi connectivity index (χ1v) is 10.3. The van der Waals surface area contributed by atoms with Crippen LogP contribution in [0.2, 0.25) is 5.02 Å². The van der Waals surface area contributed by atoms with Crippen LogP contribution in [-0.2, 0) is 16.2 Å². The summed E-state index contributed by atoms with van der Waals surface area (Å²) in [6.45, 7) is 0.267. The number of para-hydroxylation sites is 2. The van der Waals surface area contributed by atoms with Crippen LogP contribution < -0.4 is 15.0 Å². The summed E-state index contributed by atoms with van der Waals surface area (Å²) in [4.78, 5) is 26.6. The molecule has 32 heavy (non-hydrogen) atoms. The maximum absolute atomic E-state index is 14.3. The summed E-state index contributed by atoms with van der Waals surface area (Å²) in [5.41, 5.74) is 1.19. The minimum absolute atomic E-state index is 0.0410. The van der Waals surface area contributed by atoms with Gasteiger partial charge in [-0.2, -0.15) is 0 Å². The fourth-order valence-corrected chi connectivity index (χ4v) is 3.54.